The molecule has 0 saturated heterocycles. The summed E-state index contributed by atoms with van der Waals surface area (Å²) >= 11 is 0. The Kier molecular flexibility index (Phi) is 5.26. The van der Waals surface area contributed by atoms with Crippen LogP contribution in [0, 0.1) is 5.92 Å². The molecule has 1 aromatic heterocycles. The standard InChI is InChI=1S/C22H22N4O3S/c1-3-14(2)20(25-21-17-9-5-7-11-19(17)30(28,29)26-21)22(27)24-16-12-15-8-4-6-10-18(15)23-13-16/h4-14,20H,3H2,1-2H3,(H,24,27)(H,25,26)/t14-,20-/m0/s1. The lowest BCUT2D eigenvalue weighted by atomic mass is 9.98. The predicted molar refractivity (Wildman–Crippen MR) is 117 cm³/mol. The van der Waals surface area contributed by atoms with Gasteiger partial charge >= 0.3 is 0 Å². The number of amidine groups is 1. The lowest BCUT2D eigenvalue weighted by Gasteiger charge is -2.19. The first-order valence-corrected chi connectivity index (χ1v) is 11.2. The van der Waals surface area contributed by atoms with Gasteiger partial charge in [-0.25, -0.2) is 8.42 Å². The van der Waals surface area contributed by atoms with E-state index < -0.39 is 16.1 Å². The fraction of sp³-hybridized carbons (Fsp3) is 0.227. The summed E-state index contributed by atoms with van der Waals surface area (Å²) in [5.74, 6) is -0.205. The van der Waals surface area contributed by atoms with Gasteiger partial charge in [-0.15, -0.1) is 0 Å². The summed E-state index contributed by atoms with van der Waals surface area (Å²) in [6.45, 7) is 3.89. The average Bonchev–Trinajstić information content (AvgIpc) is 3.01. The summed E-state index contributed by atoms with van der Waals surface area (Å²) in [4.78, 5) is 22.2. The molecule has 0 saturated carbocycles. The van der Waals surface area contributed by atoms with E-state index in [0.29, 0.717) is 17.7 Å². The van der Waals surface area contributed by atoms with Crippen LogP contribution in [0.2, 0.25) is 0 Å². The second kappa shape index (κ2) is 7.87. The van der Waals surface area contributed by atoms with Crippen molar-refractivity contribution in [1.82, 2.24) is 9.71 Å². The molecule has 0 radical (unpaired) electrons. The summed E-state index contributed by atoms with van der Waals surface area (Å²) < 4.78 is 27.2. The average molecular weight is 423 g/mol. The number of hydrogen-bond donors (Lipinski definition) is 2. The summed E-state index contributed by atoms with van der Waals surface area (Å²) in [5.41, 5.74) is 1.89. The van der Waals surface area contributed by atoms with Crippen molar-refractivity contribution in [1.29, 1.82) is 0 Å². The van der Waals surface area contributed by atoms with E-state index in [9.17, 15) is 13.2 Å². The molecule has 2 N–H and O–H groups in total. The van der Waals surface area contributed by atoms with E-state index in [1.54, 1.807) is 24.4 Å². The first-order valence-electron chi connectivity index (χ1n) is 9.74. The molecular formula is C22H22N4O3S. The van der Waals surface area contributed by atoms with E-state index in [4.69, 9.17) is 0 Å². The summed E-state index contributed by atoms with van der Waals surface area (Å²) in [6.07, 6.45) is 2.31. The molecule has 0 unspecified atom stereocenters. The van der Waals surface area contributed by atoms with Gasteiger partial charge in [0.05, 0.1) is 22.3 Å². The second-order valence-electron chi connectivity index (χ2n) is 7.32. The number of carbonyl (C=O) groups excluding carboxylic acids is 1. The highest BCUT2D eigenvalue weighted by molar-refractivity contribution is 7.90. The second-order valence-corrected chi connectivity index (χ2v) is 8.97. The zero-order valence-corrected chi connectivity index (χ0v) is 17.5. The maximum atomic E-state index is 13.1. The Morgan fingerprint density at radius 2 is 1.90 bits per heavy atom. The Bertz CT molecular complexity index is 1250. The highest BCUT2D eigenvalue weighted by Gasteiger charge is 2.33. The molecule has 154 valence electrons. The van der Waals surface area contributed by atoms with Crippen molar-refractivity contribution in [2.45, 2.75) is 31.2 Å². The Balaban J connectivity index is 1.66. The Labute approximate surface area is 175 Å². The zero-order valence-electron chi connectivity index (χ0n) is 16.7. The number of rotatable bonds is 5. The minimum Gasteiger partial charge on any atom is -0.323 e. The largest absolute Gasteiger partial charge is 0.323 e. The van der Waals surface area contributed by atoms with Crippen LogP contribution < -0.4 is 10.0 Å². The van der Waals surface area contributed by atoms with Gasteiger partial charge < -0.3 is 5.32 Å². The minimum atomic E-state index is -3.66. The number of sulfonamides is 1. The van der Waals surface area contributed by atoms with Gasteiger partial charge in [0.2, 0.25) is 5.91 Å². The molecule has 3 aromatic rings. The number of anilines is 1. The van der Waals surface area contributed by atoms with E-state index in [1.165, 1.54) is 6.07 Å². The smallest absolute Gasteiger partial charge is 0.263 e. The summed E-state index contributed by atoms with van der Waals surface area (Å²) in [5, 5.41) is 3.80. The van der Waals surface area contributed by atoms with Crippen LogP contribution in [0.3, 0.4) is 0 Å². The van der Waals surface area contributed by atoms with Crippen LogP contribution in [0.4, 0.5) is 5.69 Å². The van der Waals surface area contributed by atoms with E-state index in [-0.39, 0.29) is 22.6 Å². The molecule has 1 amide bonds. The van der Waals surface area contributed by atoms with Gasteiger partial charge in [-0.2, -0.15) is 0 Å². The number of para-hydroxylation sites is 1. The van der Waals surface area contributed by atoms with E-state index in [1.807, 2.05) is 44.2 Å². The van der Waals surface area contributed by atoms with Gasteiger partial charge in [-0.05, 0) is 30.2 Å². The molecule has 0 fully saturated rings. The van der Waals surface area contributed by atoms with Gasteiger partial charge in [0.25, 0.3) is 10.0 Å². The van der Waals surface area contributed by atoms with Crippen LogP contribution in [-0.2, 0) is 14.8 Å². The van der Waals surface area contributed by atoms with Crippen LogP contribution in [0.1, 0.15) is 25.8 Å². The number of hydrogen-bond acceptors (Lipinski definition) is 5. The maximum absolute atomic E-state index is 13.1. The number of benzene rings is 2. The topological polar surface area (TPSA) is 101 Å². The van der Waals surface area contributed by atoms with Crippen molar-refractivity contribution in [2.24, 2.45) is 10.9 Å². The lowest BCUT2D eigenvalue weighted by molar-refractivity contribution is -0.118. The van der Waals surface area contributed by atoms with Crippen molar-refractivity contribution in [3.8, 4) is 0 Å². The highest BCUT2D eigenvalue weighted by atomic mass is 32.2. The Morgan fingerprint density at radius 1 is 1.17 bits per heavy atom. The first kappa shape index (κ1) is 20.0. The molecule has 2 aromatic carbocycles. The van der Waals surface area contributed by atoms with Crippen LogP contribution in [0.5, 0.6) is 0 Å². The van der Waals surface area contributed by atoms with Crippen molar-refractivity contribution in [3.63, 3.8) is 0 Å². The monoisotopic (exact) mass is 422 g/mol. The molecule has 1 aliphatic heterocycles. The number of amides is 1. The van der Waals surface area contributed by atoms with Crippen LogP contribution in [0.25, 0.3) is 10.9 Å². The fourth-order valence-corrected chi connectivity index (χ4v) is 4.63. The van der Waals surface area contributed by atoms with Gasteiger partial charge in [0.1, 0.15) is 11.9 Å². The van der Waals surface area contributed by atoms with Crippen LogP contribution in [0.15, 0.2) is 70.7 Å². The SMILES string of the molecule is CC[C@H](C)[C@H](N=C1NS(=O)(=O)c2ccccc21)C(=O)Nc1cnc2ccccc2c1. The minimum absolute atomic E-state index is 0.0943. The van der Waals surface area contributed by atoms with Crippen LogP contribution in [-0.4, -0.2) is 31.2 Å². The quantitative estimate of drug-likeness (QED) is 0.659. The van der Waals surface area contributed by atoms with Crippen molar-refractivity contribution >= 4 is 38.4 Å². The van der Waals surface area contributed by atoms with E-state index in [0.717, 1.165) is 10.9 Å². The van der Waals surface area contributed by atoms with Gasteiger partial charge in [-0.3, -0.25) is 19.5 Å². The number of carbonyl (C=O) groups is 1. The van der Waals surface area contributed by atoms with Crippen LogP contribution >= 0.6 is 0 Å². The lowest BCUT2D eigenvalue weighted by Crippen LogP contribution is -2.34. The van der Waals surface area contributed by atoms with E-state index in [2.05, 4.69) is 20.0 Å². The third kappa shape index (κ3) is 3.78. The molecule has 2 atom stereocenters. The number of aromatic nitrogens is 1. The maximum Gasteiger partial charge on any atom is 0.263 e. The predicted octanol–water partition coefficient (Wildman–Crippen LogP) is 3.33. The molecule has 0 aliphatic carbocycles. The zero-order chi connectivity index (χ0) is 21.3. The molecule has 2 heterocycles. The van der Waals surface area contributed by atoms with Crippen molar-refractivity contribution in [3.05, 3.63) is 66.4 Å². The highest BCUT2D eigenvalue weighted by Crippen LogP contribution is 2.24. The third-order valence-electron chi connectivity index (χ3n) is 5.24. The molecule has 4 rings (SSSR count). The molecule has 30 heavy (non-hydrogen) atoms. The van der Waals surface area contributed by atoms with Crippen molar-refractivity contribution in [2.75, 3.05) is 5.32 Å². The number of nitrogens with zero attached hydrogens (tertiary/aromatic N) is 2. The molecule has 8 heteroatoms. The summed E-state index contributed by atoms with van der Waals surface area (Å²) in [6, 6.07) is 15.4. The molecule has 1 aliphatic rings. The number of nitrogens with one attached hydrogen (secondary N) is 2. The Hall–Kier alpha value is -3.26. The number of aliphatic imine (C=N–C) groups is 1. The molecule has 7 nitrogen and oxygen atoms in total. The molecule has 0 bridgehead atoms. The van der Waals surface area contributed by atoms with Gasteiger partial charge in [0.15, 0.2) is 0 Å². The normalized spacial score (nSPS) is 17.9. The molecular weight excluding hydrogens is 400 g/mol. The van der Waals surface area contributed by atoms with Crippen molar-refractivity contribution < 1.29 is 13.2 Å². The van der Waals surface area contributed by atoms with E-state index >= 15 is 0 Å². The van der Waals surface area contributed by atoms with Gasteiger partial charge in [0, 0.05) is 10.9 Å². The van der Waals surface area contributed by atoms with Gasteiger partial charge in [-0.1, -0.05) is 50.6 Å². The summed E-state index contributed by atoms with van der Waals surface area (Å²) in [7, 11) is -3.66. The fourth-order valence-electron chi connectivity index (χ4n) is 3.39. The Morgan fingerprint density at radius 3 is 2.70 bits per heavy atom. The molecule has 0 spiro atoms. The number of fused-ring (bicyclic) bond motifs is 2. The first-order chi connectivity index (χ1) is 14.4. The number of pyridine rings is 1. The third-order valence-corrected chi connectivity index (χ3v) is 6.64.